The summed E-state index contributed by atoms with van der Waals surface area (Å²) < 4.78 is 5.66. The molecule has 0 atom stereocenters. The Morgan fingerprint density at radius 3 is 2.53 bits per heavy atom. The number of anilines is 1. The summed E-state index contributed by atoms with van der Waals surface area (Å²) in [6.45, 7) is 8.41. The Morgan fingerprint density at radius 2 is 1.80 bits per heavy atom. The van der Waals surface area contributed by atoms with E-state index in [-0.39, 0.29) is 23.9 Å². The largest absolute Gasteiger partial charge is 0.444 e. The number of carbonyl (C=O) groups excluding carboxylic acids is 1. The van der Waals surface area contributed by atoms with Gasteiger partial charge in [-0.15, -0.1) is 0 Å². The molecule has 2 aromatic heterocycles. The van der Waals surface area contributed by atoms with Gasteiger partial charge in [-0.2, -0.15) is 5.10 Å². The van der Waals surface area contributed by atoms with Crippen molar-refractivity contribution in [3.63, 3.8) is 0 Å². The van der Waals surface area contributed by atoms with Crippen molar-refractivity contribution in [3.05, 3.63) is 57.7 Å². The van der Waals surface area contributed by atoms with E-state index in [1.54, 1.807) is 13.8 Å². The van der Waals surface area contributed by atoms with Crippen LogP contribution in [0.5, 0.6) is 0 Å². The predicted octanol–water partition coefficient (Wildman–Crippen LogP) is 1.93. The lowest BCUT2D eigenvalue weighted by atomic mass is 10.1. The molecule has 1 aliphatic heterocycles. The average Bonchev–Trinajstić information content (AvgIpc) is 3.08. The monoisotopic (exact) mass is 409 g/mol. The van der Waals surface area contributed by atoms with Crippen LogP contribution in [0.25, 0.3) is 10.8 Å². The molecule has 3 aromatic rings. The summed E-state index contributed by atoms with van der Waals surface area (Å²) in [4.78, 5) is 29.3. The molecule has 1 aliphatic rings. The number of furan rings is 1. The maximum Gasteiger partial charge on any atom is 0.277 e. The molecule has 0 radical (unpaired) electrons. The fraction of sp³-hybridized carbons (Fsp3) is 0.409. The number of H-pyrrole nitrogens is 1. The van der Waals surface area contributed by atoms with E-state index in [9.17, 15) is 9.59 Å². The number of nitrogens with zero attached hydrogens (tertiary/aromatic N) is 3. The number of rotatable bonds is 6. The highest BCUT2D eigenvalue weighted by molar-refractivity contribution is 6.01. The molecule has 1 amide bonds. The van der Waals surface area contributed by atoms with Crippen LogP contribution in [-0.4, -0.2) is 65.2 Å². The van der Waals surface area contributed by atoms with E-state index in [0.717, 1.165) is 39.1 Å². The molecule has 0 aliphatic carbocycles. The van der Waals surface area contributed by atoms with Crippen LogP contribution in [0.1, 0.15) is 17.0 Å². The van der Waals surface area contributed by atoms with Gasteiger partial charge in [-0.05, 0) is 25.8 Å². The summed E-state index contributed by atoms with van der Waals surface area (Å²) >= 11 is 0. The maximum atomic E-state index is 12.6. The summed E-state index contributed by atoms with van der Waals surface area (Å²) in [6.07, 6.45) is 1.04. The normalized spacial score (nSPS) is 15.5. The summed E-state index contributed by atoms with van der Waals surface area (Å²) in [6, 6.07) is 10.5. The van der Waals surface area contributed by atoms with Crippen molar-refractivity contribution in [1.29, 1.82) is 0 Å². The van der Waals surface area contributed by atoms with Gasteiger partial charge in [0.1, 0.15) is 11.1 Å². The number of hydrogen-bond acceptors (Lipinski definition) is 6. The number of carbonyl (C=O) groups is 1. The number of fused-ring (bicyclic) bond motifs is 1. The Balaban J connectivity index is 1.30. The number of aromatic nitrogens is 2. The zero-order valence-corrected chi connectivity index (χ0v) is 17.4. The topological polar surface area (TPSA) is 94.5 Å². The summed E-state index contributed by atoms with van der Waals surface area (Å²) in [7, 11) is 0. The van der Waals surface area contributed by atoms with Crippen molar-refractivity contribution in [2.45, 2.75) is 20.3 Å². The minimum Gasteiger partial charge on any atom is -0.444 e. The lowest BCUT2D eigenvalue weighted by Crippen LogP contribution is -2.49. The summed E-state index contributed by atoms with van der Waals surface area (Å²) in [5.74, 6) is 0.585. The minimum absolute atomic E-state index is 0.183. The Hall–Kier alpha value is -2.97. The molecule has 8 heteroatoms. The molecule has 0 bridgehead atoms. The molecule has 3 heterocycles. The number of piperazine rings is 1. The smallest absolute Gasteiger partial charge is 0.277 e. The van der Waals surface area contributed by atoms with Crippen LogP contribution >= 0.6 is 0 Å². The van der Waals surface area contributed by atoms with Crippen LogP contribution in [0.15, 0.2) is 39.5 Å². The van der Waals surface area contributed by atoms with Gasteiger partial charge >= 0.3 is 0 Å². The van der Waals surface area contributed by atoms with Gasteiger partial charge in [-0.25, -0.2) is 5.10 Å². The quantitative estimate of drug-likeness (QED) is 0.646. The second kappa shape index (κ2) is 8.81. The molecular weight excluding hydrogens is 382 g/mol. The molecule has 158 valence electrons. The molecular formula is C22H27N5O3. The van der Waals surface area contributed by atoms with E-state index in [2.05, 4.69) is 49.6 Å². The lowest BCUT2D eigenvalue weighted by molar-refractivity contribution is -0.117. The van der Waals surface area contributed by atoms with Crippen LogP contribution in [-0.2, 0) is 11.2 Å². The Bertz CT molecular complexity index is 1080. The Morgan fingerprint density at radius 1 is 1.10 bits per heavy atom. The maximum absolute atomic E-state index is 12.6. The minimum atomic E-state index is -0.366. The van der Waals surface area contributed by atoms with E-state index >= 15 is 0 Å². The number of amides is 1. The van der Waals surface area contributed by atoms with Gasteiger partial charge in [0, 0.05) is 32.7 Å². The van der Waals surface area contributed by atoms with Gasteiger partial charge in [0.2, 0.25) is 11.8 Å². The number of hydrogen-bond donors (Lipinski definition) is 2. The Kier molecular flexibility index (Phi) is 5.96. The number of nitrogens with one attached hydrogen (secondary N) is 2. The van der Waals surface area contributed by atoms with Gasteiger partial charge in [-0.1, -0.05) is 30.3 Å². The van der Waals surface area contributed by atoms with E-state index in [0.29, 0.717) is 22.2 Å². The SMILES string of the molecule is Cc1n[nH]c(=O)c2c(NC(=O)CN3CCN(CCc4ccccc4)CC3)oc(C)c12. The van der Waals surface area contributed by atoms with Gasteiger partial charge in [-0.3, -0.25) is 19.8 Å². The molecule has 0 unspecified atom stereocenters. The summed E-state index contributed by atoms with van der Waals surface area (Å²) in [5.41, 5.74) is 1.65. The first-order valence-electron chi connectivity index (χ1n) is 10.3. The molecule has 0 spiro atoms. The first-order chi connectivity index (χ1) is 14.5. The van der Waals surface area contributed by atoms with Crippen molar-refractivity contribution in [2.24, 2.45) is 0 Å². The fourth-order valence-corrected chi connectivity index (χ4v) is 4.00. The number of benzene rings is 1. The average molecular weight is 409 g/mol. The Labute approximate surface area is 174 Å². The lowest BCUT2D eigenvalue weighted by Gasteiger charge is -2.34. The third-order valence-electron chi connectivity index (χ3n) is 5.64. The first kappa shape index (κ1) is 20.3. The van der Waals surface area contributed by atoms with Crippen LogP contribution in [0, 0.1) is 13.8 Å². The van der Waals surface area contributed by atoms with Crippen molar-refractivity contribution in [3.8, 4) is 0 Å². The van der Waals surface area contributed by atoms with Gasteiger partial charge in [0.25, 0.3) is 5.56 Å². The van der Waals surface area contributed by atoms with Gasteiger partial charge < -0.3 is 9.32 Å². The van der Waals surface area contributed by atoms with Crippen molar-refractivity contribution in [2.75, 3.05) is 44.6 Å². The molecule has 0 saturated carbocycles. The third kappa shape index (κ3) is 4.44. The van der Waals surface area contributed by atoms with Crippen LogP contribution in [0.3, 0.4) is 0 Å². The van der Waals surface area contributed by atoms with E-state index in [1.807, 2.05) is 6.07 Å². The molecule has 30 heavy (non-hydrogen) atoms. The number of aryl methyl sites for hydroxylation is 2. The van der Waals surface area contributed by atoms with Crippen LogP contribution in [0.4, 0.5) is 5.88 Å². The highest BCUT2D eigenvalue weighted by Gasteiger charge is 2.22. The van der Waals surface area contributed by atoms with Crippen LogP contribution in [0.2, 0.25) is 0 Å². The first-order valence-corrected chi connectivity index (χ1v) is 10.3. The molecule has 8 nitrogen and oxygen atoms in total. The zero-order chi connectivity index (χ0) is 21.1. The highest BCUT2D eigenvalue weighted by atomic mass is 16.4. The van der Waals surface area contributed by atoms with E-state index in [1.165, 1.54) is 5.56 Å². The number of aromatic amines is 1. The van der Waals surface area contributed by atoms with E-state index in [4.69, 9.17) is 4.42 Å². The van der Waals surface area contributed by atoms with Gasteiger partial charge in [0.05, 0.1) is 17.6 Å². The second-order valence-electron chi connectivity index (χ2n) is 7.78. The zero-order valence-electron chi connectivity index (χ0n) is 17.4. The van der Waals surface area contributed by atoms with Crippen LogP contribution < -0.4 is 10.9 Å². The standard InChI is InChI=1S/C22H27N5O3/c1-15-19-16(2)30-22(20(19)21(29)25-24-15)23-18(28)14-27-12-10-26(11-13-27)9-8-17-6-4-3-5-7-17/h3-7H,8-14H2,1-2H3,(H,23,28)(H,25,29). The van der Waals surface area contributed by atoms with Gasteiger partial charge in [0.15, 0.2) is 0 Å². The van der Waals surface area contributed by atoms with Crippen molar-refractivity contribution >= 4 is 22.6 Å². The predicted molar refractivity (Wildman–Crippen MR) is 116 cm³/mol. The molecule has 1 fully saturated rings. The molecule has 2 N–H and O–H groups in total. The second-order valence-corrected chi connectivity index (χ2v) is 7.78. The fourth-order valence-electron chi connectivity index (χ4n) is 4.00. The van der Waals surface area contributed by atoms with Crippen molar-refractivity contribution in [1.82, 2.24) is 20.0 Å². The molecule has 1 aromatic carbocycles. The van der Waals surface area contributed by atoms with E-state index < -0.39 is 0 Å². The third-order valence-corrected chi connectivity index (χ3v) is 5.64. The van der Waals surface area contributed by atoms with Crippen molar-refractivity contribution < 1.29 is 9.21 Å². The highest BCUT2D eigenvalue weighted by Crippen LogP contribution is 2.28. The molecule has 1 saturated heterocycles. The summed E-state index contributed by atoms with van der Waals surface area (Å²) in [5, 5.41) is 10.2. The molecule has 4 rings (SSSR count).